The van der Waals surface area contributed by atoms with Gasteiger partial charge in [0, 0.05) is 37.3 Å². The molecule has 3 amide bonds. The van der Waals surface area contributed by atoms with Crippen molar-refractivity contribution in [1.29, 1.82) is 5.26 Å². The van der Waals surface area contributed by atoms with Gasteiger partial charge in [-0.05, 0) is 50.6 Å². The van der Waals surface area contributed by atoms with Gasteiger partial charge in [-0.2, -0.15) is 5.26 Å². The number of aromatic amines is 1. The number of pyridine rings is 1. The second kappa shape index (κ2) is 10.4. The predicted octanol–water partition coefficient (Wildman–Crippen LogP) is 3.52. The van der Waals surface area contributed by atoms with E-state index in [1.54, 1.807) is 48.7 Å². The molecule has 3 atom stereocenters. The number of likely N-dealkylation sites (N-methyl/N-ethyl adjacent to an activating group) is 1. The normalized spacial score (nSPS) is 18.3. The highest BCUT2D eigenvalue weighted by Crippen LogP contribution is 2.29. The predicted molar refractivity (Wildman–Crippen MR) is 136 cm³/mol. The summed E-state index contributed by atoms with van der Waals surface area (Å²) in [6, 6.07) is 14.1. The van der Waals surface area contributed by atoms with Crippen molar-refractivity contribution in [3.63, 3.8) is 0 Å². The fourth-order valence-electron chi connectivity index (χ4n) is 4.60. The Morgan fingerprint density at radius 2 is 2.00 bits per heavy atom. The van der Waals surface area contributed by atoms with Crippen LogP contribution in [0.25, 0.3) is 11.0 Å². The zero-order valence-electron chi connectivity index (χ0n) is 20.9. The molecule has 1 aliphatic rings. The number of nitrogens with one attached hydrogen (secondary N) is 2. The molecule has 0 bridgehead atoms. The maximum Gasteiger partial charge on any atom is 0.270 e. The van der Waals surface area contributed by atoms with E-state index in [9.17, 15) is 24.0 Å². The number of amides is 3. The average molecular weight is 505 g/mol. The minimum atomic E-state index is -1.77. The number of H-pyrrole nitrogens is 1. The molecule has 37 heavy (non-hydrogen) atoms. The molecule has 0 saturated carbocycles. The molecule has 1 fully saturated rings. The highest BCUT2D eigenvalue weighted by molar-refractivity contribution is 6.00. The Balaban J connectivity index is 1.55. The van der Waals surface area contributed by atoms with E-state index < -0.39 is 35.5 Å². The lowest BCUT2D eigenvalue weighted by molar-refractivity contribution is -0.137. The van der Waals surface area contributed by atoms with E-state index in [1.807, 2.05) is 6.07 Å². The third-order valence-corrected chi connectivity index (χ3v) is 6.52. The van der Waals surface area contributed by atoms with Gasteiger partial charge < -0.3 is 20.1 Å². The molecule has 0 radical (unpaired) electrons. The largest absolute Gasteiger partial charge is 0.335 e. The van der Waals surface area contributed by atoms with Crippen LogP contribution in [0.5, 0.6) is 0 Å². The van der Waals surface area contributed by atoms with E-state index in [-0.39, 0.29) is 31.0 Å². The number of carbonyl (C=O) groups is 3. The molecule has 2 aromatic heterocycles. The van der Waals surface area contributed by atoms with Crippen LogP contribution in [-0.2, 0) is 9.59 Å². The summed E-state index contributed by atoms with van der Waals surface area (Å²) in [6.07, 6.45) is 1.47. The Hall–Kier alpha value is -4.26. The quantitative estimate of drug-likeness (QED) is 0.510. The number of aromatic nitrogens is 2. The van der Waals surface area contributed by atoms with Crippen LogP contribution < -0.4 is 5.32 Å². The molecule has 0 aliphatic carbocycles. The Labute approximate surface area is 214 Å². The summed E-state index contributed by atoms with van der Waals surface area (Å²) in [5.74, 6) is -2.00. The number of alkyl halides is 1. The van der Waals surface area contributed by atoms with Crippen molar-refractivity contribution >= 4 is 34.4 Å². The minimum absolute atomic E-state index is 0.00270. The Morgan fingerprint density at radius 3 is 2.65 bits per heavy atom. The van der Waals surface area contributed by atoms with Gasteiger partial charge in [0.1, 0.15) is 29.1 Å². The van der Waals surface area contributed by atoms with E-state index in [2.05, 4.69) is 21.4 Å². The SMILES string of the molecule is CN(C(=O)c1cc2cccnc2[nH]1)C(CC(C)(C)F)C(=O)N1CC(C(=O)Nc2ccccc2)CC1C#N. The number of fused-ring (bicyclic) bond motifs is 1. The van der Waals surface area contributed by atoms with E-state index in [0.29, 0.717) is 11.3 Å². The summed E-state index contributed by atoms with van der Waals surface area (Å²) in [5, 5.41) is 13.3. The van der Waals surface area contributed by atoms with Gasteiger partial charge >= 0.3 is 0 Å². The van der Waals surface area contributed by atoms with Gasteiger partial charge in [0.05, 0.1) is 12.0 Å². The number of benzene rings is 1. The van der Waals surface area contributed by atoms with Gasteiger partial charge in [0.2, 0.25) is 11.8 Å². The zero-order chi connectivity index (χ0) is 26.7. The van der Waals surface area contributed by atoms with Crippen molar-refractivity contribution in [3.8, 4) is 6.07 Å². The van der Waals surface area contributed by atoms with Crippen LogP contribution in [0.2, 0.25) is 0 Å². The molecule has 2 N–H and O–H groups in total. The first-order valence-corrected chi connectivity index (χ1v) is 12.0. The first kappa shape index (κ1) is 25.8. The Kier molecular flexibility index (Phi) is 7.25. The van der Waals surface area contributed by atoms with Gasteiger partial charge in [-0.25, -0.2) is 9.37 Å². The van der Waals surface area contributed by atoms with Crippen LogP contribution in [0.4, 0.5) is 10.1 Å². The Bertz CT molecular complexity index is 1310. The standard InChI is InChI=1S/C27H29FN6O3/c1-27(2,28)14-22(33(3)25(36)21-13-17-8-7-11-30-23(17)32-21)26(37)34-16-18(12-20(34)15-29)24(35)31-19-9-5-4-6-10-19/h4-11,13,18,20,22H,12,14,16H2,1-3H3,(H,30,32)(H,31,35). The molecule has 3 aromatic rings. The molecule has 0 spiro atoms. The summed E-state index contributed by atoms with van der Waals surface area (Å²) in [4.78, 5) is 49.5. The molecule has 1 aromatic carbocycles. The lowest BCUT2D eigenvalue weighted by Crippen LogP contribution is -2.52. The number of nitriles is 1. The summed E-state index contributed by atoms with van der Waals surface area (Å²) in [7, 11) is 1.44. The van der Waals surface area contributed by atoms with Crippen LogP contribution in [0.1, 0.15) is 37.2 Å². The second-order valence-corrected chi connectivity index (χ2v) is 9.90. The van der Waals surface area contributed by atoms with E-state index >= 15 is 0 Å². The molecule has 1 aliphatic heterocycles. The zero-order valence-corrected chi connectivity index (χ0v) is 20.9. The lowest BCUT2D eigenvalue weighted by atomic mass is 9.98. The number of nitrogens with zero attached hydrogens (tertiary/aromatic N) is 4. The summed E-state index contributed by atoms with van der Waals surface area (Å²) in [6.45, 7) is 2.66. The third kappa shape index (κ3) is 5.77. The van der Waals surface area contributed by atoms with Crippen LogP contribution in [0.3, 0.4) is 0 Å². The number of anilines is 1. The number of carbonyl (C=O) groups excluding carboxylic acids is 3. The first-order valence-electron chi connectivity index (χ1n) is 12.0. The fraction of sp³-hybridized carbons (Fsp3) is 0.370. The highest BCUT2D eigenvalue weighted by Gasteiger charge is 2.44. The number of para-hydroxylation sites is 1. The molecule has 192 valence electrons. The maximum absolute atomic E-state index is 14.9. The maximum atomic E-state index is 14.9. The van der Waals surface area contributed by atoms with Gasteiger partial charge in [-0.3, -0.25) is 14.4 Å². The van der Waals surface area contributed by atoms with Gasteiger partial charge in [-0.15, -0.1) is 0 Å². The van der Waals surface area contributed by atoms with Crippen molar-refractivity contribution in [2.45, 2.75) is 44.4 Å². The topological polar surface area (TPSA) is 122 Å². The Morgan fingerprint density at radius 1 is 1.27 bits per heavy atom. The molecule has 1 saturated heterocycles. The molecular weight excluding hydrogens is 475 g/mol. The highest BCUT2D eigenvalue weighted by atomic mass is 19.1. The summed E-state index contributed by atoms with van der Waals surface area (Å²) >= 11 is 0. The monoisotopic (exact) mass is 504 g/mol. The van der Waals surface area contributed by atoms with Crippen LogP contribution in [0, 0.1) is 17.2 Å². The van der Waals surface area contributed by atoms with Crippen molar-refractivity contribution in [1.82, 2.24) is 19.8 Å². The first-order chi connectivity index (χ1) is 17.6. The average Bonchev–Trinajstić information content (AvgIpc) is 3.51. The van der Waals surface area contributed by atoms with E-state index in [0.717, 1.165) is 5.39 Å². The van der Waals surface area contributed by atoms with Gasteiger partial charge in [0.25, 0.3) is 5.91 Å². The summed E-state index contributed by atoms with van der Waals surface area (Å²) in [5.41, 5.74) is -0.433. The van der Waals surface area contributed by atoms with Crippen LogP contribution >= 0.6 is 0 Å². The molecule has 4 rings (SSSR count). The van der Waals surface area contributed by atoms with E-state index in [4.69, 9.17) is 0 Å². The third-order valence-electron chi connectivity index (χ3n) is 6.52. The van der Waals surface area contributed by atoms with E-state index in [1.165, 1.54) is 30.7 Å². The van der Waals surface area contributed by atoms with Crippen molar-refractivity contribution in [2.24, 2.45) is 5.92 Å². The van der Waals surface area contributed by atoms with Crippen molar-refractivity contribution < 1.29 is 18.8 Å². The smallest absolute Gasteiger partial charge is 0.270 e. The lowest BCUT2D eigenvalue weighted by Gasteiger charge is -2.34. The molecule has 3 heterocycles. The molecule has 10 heteroatoms. The second-order valence-electron chi connectivity index (χ2n) is 9.90. The number of rotatable bonds is 7. The number of likely N-dealkylation sites (tertiary alicyclic amines) is 1. The number of hydrogen-bond donors (Lipinski definition) is 2. The van der Waals surface area contributed by atoms with Gasteiger partial charge in [0.15, 0.2) is 0 Å². The fourth-order valence-corrected chi connectivity index (χ4v) is 4.60. The number of hydrogen-bond acceptors (Lipinski definition) is 5. The molecule has 9 nitrogen and oxygen atoms in total. The molecule has 3 unspecified atom stereocenters. The van der Waals surface area contributed by atoms with Crippen LogP contribution in [-0.4, -0.2) is 68.8 Å². The van der Waals surface area contributed by atoms with Crippen LogP contribution in [0.15, 0.2) is 54.7 Å². The summed E-state index contributed by atoms with van der Waals surface area (Å²) < 4.78 is 14.9. The van der Waals surface area contributed by atoms with Gasteiger partial charge in [-0.1, -0.05) is 18.2 Å². The minimum Gasteiger partial charge on any atom is -0.335 e. The molecular formula is C27H29FN6O3. The van der Waals surface area contributed by atoms with Crippen molar-refractivity contribution in [3.05, 3.63) is 60.4 Å². The number of halogens is 1. The van der Waals surface area contributed by atoms with Crippen molar-refractivity contribution in [2.75, 3.05) is 18.9 Å².